The van der Waals surface area contributed by atoms with Gasteiger partial charge in [-0.3, -0.25) is 4.79 Å². The Morgan fingerprint density at radius 3 is 2.88 bits per heavy atom. The van der Waals surface area contributed by atoms with Crippen molar-refractivity contribution in [2.45, 2.75) is 0 Å². The highest BCUT2D eigenvalue weighted by Crippen LogP contribution is 1.77. The van der Waals surface area contributed by atoms with Gasteiger partial charge in [0.25, 0.3) is 0 Å². The molecular weight excluding hydrogens is 113 g/mol. The van der Waals surface area contributed by atoms with Crippen LogP contribution in [0.1, 0.15) is 0 Å². The van der Waals surface area contributed by atoms with E-state index >= 15 is 0 Å². The van der Waals surface area contributed by atoms with Crippen LogP contribution in [-0.4, -0.2) is 12.5 Å². The van der Waals surface area contributed by atoms with Crippen molar-refractivity contribution < 1.29 is 13.9 Å². The normalized spacial score (nSPS) is 9.75. The fourth-order valence-electron chi connectivity index (χ4n) is 0.150. The second-order valence-corrected chi connectivity index (χ2v) is 0.956. The van der Waals surface area contributed by atoms with E-state index in [1.165, 1.54) is 0 Å². The molecule has 0 heterocycles. The first-order valence-electron chi connectivity index (χ1n) is 1.96. The minimum absolute atomic E-state index is 0.119. The Bertz CT molecular complexity index is 102. The van der Waals surface area contributed by atoms with Crippen molar-refractivity contribution in [1.82, 2.24) is 0 Å². The lowest BCUT2D eigenvalue weighted by Crippen LogP contribution is -2.13. The summed E-state index contributed by atoms with van der Waals surface area (Å²) in [5, 5.41) is 0. The van der Waals surface area contributed by atoms with E-state index in [1.54, 1.807) is 0 Å². The zero-order chi connectivity index (χ0) is 6.41. The molecule has 0 aromatic heterocycles. The van der Waals surface area contributed by atoms with Crippen LogP contribution in [0.25, 0.3) is 0 Å². The highest BCUT2D eigenvalue weighted by Gasteiger charge is 1.91. The van der Waals surface area contributed by atoms with Gasteiger partial charge in [-0.1, -0.05) is 0 Å². The molecule has 0 spiro atoms. The molecule has 0 saturated carbocycles. The summed E-state index contributed by atoms with van der Waals surface area (Å²) < 4.78 is 15.0. The lowest BCUT2D eigenvalue weighted by atomic mass is 10.7. The Morgan fingerprint density at radius 2 is 2.50 bits per heavy atom. The third-order valence-electron chi connectivity index (χ3n) is 0.418. The molecule has 0 aromatic rings. The van der Waals surface area contributed by atoms with Crippen LogP contribution in [0.15, 0.2) is 12.6 Å². The van der Waals surface area contributed by atoms with Crippen molar-refractivity contribution >= 4 is 5.97 Å². The number of nitrogens with two attached hydrogens (primary N) is 1. The van der Waals surface area contributed by atoms with E-state index < -0.39 is 5.97 Å². The summed E-state index contributed by atoms with van der Waals surface area (Å²) in [4.78, 5) is 10.0. The fraction of sp³-hybridized carbons (Fsp3) is 0.250. The molecule has 0 aliphatic heterocycles. The molecule has 2 N–H and O–H groups in total. The number of halogens is 1. The van der Waals surface area contributed by atoms with Gasteiger partial charge in [-0.25, -0.2) is 4.39 Å². The number of rotatable bonds is 2. The molecule has 0 unspecified atom stereocenters. The Hall–Kier alpha value is -0.900. The molecule has 0 aromatic carbocycles. The van der Waals surface area contributed by atoms with E-state index in [1.807, 2.05) is 0 Å². The average molecular weight is 119 g/mol. The van der Waals surface area contributed by atoms with Crippen LogP contribution in [0.3, 0.4) is 0 Å². The SMILES string of the molecule is NCC(=O)OC=CF. The van der Waals surface area contributed by atoms with Gasteiger partial charge in [-0.15, -0.1) is 0 Å². The molecule has 0 saturated heterocycles. The number of hydrogen-bond acceptors (Lipinski definition) is 3. The Balaban J connectivity index is 3.25. The van der Waals surface area contributed by atoms with Gasteiger partial charge in [0.05, 0.1) is 6.54 Å². The minimum Gasteiger partial charge on any atom is -0.431 e. The Morgan fingerprint density at radius 1 is 1.88 bits per heavy atom. The first-order valence-corrected chi connectivity index (χ1v) is 1.96. The Kier molecular flexibility index (Phi) is 3.78. The summed E-state index contributed by atoms with van der Waals surface area (Å²) in [6, 6.07) is 0. The molecule has 3 nitrogen and oxygen atoms in total. The molecular formula is C4H6FNO2. The monoisotopic (exact) mass is 119 g/mol. The van der Waals surface area contributed by atoms with Crippen molar-refractivity contribution in [3.63, 3.8) is 0 Å². The van der Waals surface area contributed by atoms with Gasteiger partial charge >= 0.3 is 5.97 Å². The summed E-state index contributed by atoms with van der Waals surface area (Å²) in [6.45, 7) is -0.232. The highest BCUT2D eigenvalue weighted by atomic mass is 19.1. The standard InChI is InChI=1S/C4H6FNO2/c5-1-2-8-4(7)3-6/h1-2H,3,6H2. The molecule has 0 fully saturated rings. The smallest absolute Gasteiger partial charge is 0.324 e. The maximum Gasteiger partial charge on any atom is 0.324 e. The third kappa shape index (κ3) is 3.30. The van der Waals surface area contributed by atoms with Crippen LogP contribution in [-0.2, 0) is 9.53 Å². The number of esters is 1. The zero-order valence-corrected chi connectivity index (χ0v) is 4.13. The molecule has 0 rings (SSSR count). The second kappa shape index (κ2) is 4.26. The molecule has 8 heavy (non-hydrogen) atoms. The molecule has 0 aliphatic rings. The minimum atomic E-state index is -0.654. The fourth-order valence-corrected chi connectivity index (χ4v) is 0.150. The summed E-state index contributed by atoms with van der Waals surface area (Å²) in [5.41, 5.74) is 4.78. The number of carbonyl (C=O) groups excluding carboxylic acids is 1. The number of hydrogen-bond donors (Lipinski definition) is 1. The van der Waals surface area contributed by atoms with Crippen LogP contribution in [0.4, 0.5) is 4.39 Å². The topological polar surface area (TPSA) is 52.3 Å². The van der Waals surface area contributed by atoms with Crippen LogP contribution in [0.2, 0.25) is 0 Å². The molecule has 4 heteroatoms. The maximum absolute atomic E-state index is 11.0. The first kappa shape index (κ1) is 7.10. The van der Waals surface area contributed by atoms with Crippen molar-refractivity contribution in [2.75, 3.05) is 6.54 Å². The third-order valence-corrected chi connectivity index (χ3v) is 0.418. The van der Waals surface area contributed by atoms with E-state index in [0.29, 0.717) is 6.26 Å². The highest BCUT2D eigenvalue weighted by molar-refractivity contribution is 5.71. The molecule has 0 atom stereocenters. The molecule has 0 bridgehead atoms. The summed E-state index contributed by atoms with van der Waals surface area (Å²) in [7, 11) is 0. The van der Waals surface area contributed by atoms with Crippen molar-refractivity contribution in [3.05, 3.63) is 12.6 Å². The molecule has 0 radical (unpaired) electrons. The number of ether oxygens (including phenoxy) is 1. The van der Waals surface area contributed by atoms with Crippen molar-refractivity contribution in [1.29, 1.82) is 0 Å². The van der Waals surface area contributed by atoms with Crippen molar-refractivity contribution in [2.24, 2.45) is 5.73 Å². The van der Waals surface area contributed by atoms with Crippen LogP contribution >= 0.6 is 0 Å². The van der Waals surface area contributed by atoms with Gasteiger partial charge in [-0.05, 0) is 0 Å². The van der Waals surface area contributed by atoms with Crippen LogP contribution in [0, 0.1) is 0 Å². The van der Waals surface area contributed by atoms with E-state index in [9.17, 15) is 9.18 Å². The zero-order valence-electron chi connectivity index (χ0n) is 4.13. The lowest BCUT2D eigenvalue weighted by Gasteiger charge is -1.89. The average Bonchev–Trinajstić information content (AvgIpc) is 1.83. The van der Waals surface area contributed by atoms with Crippen LogP contribution < -0.4 is 5.73 Å². The van der Waals surface area contributed by atoms with E-state index in [0.717, 1.165) is 0 Å². The van der Waals surface area contributed by atoms with Gasteiger partial charge in [0, 0.05) is 0 Å². The number of carbonyl (C=O) groups is 1. The predicted octanol–water partition coefficient (Wildman–Crippen LogP) is -0.0710. The van der Waals surface area contributed by atoms with Crippen LogP contribution in [0.5, 0.6) is 0 Å². The van der Waals surface area contributed by atoms with E-state index in [2.05, 4.69) is 4.74 Å². The molecule has 0 aliphatic carbocycles. The quantitative estimate of drug-likeness (QED) is 0.409. The lowest BCUT2D eigenvalue weighted by molar-refractivity contribution is -0.136. The first-order chi connectivity index (χ1) is 3.81. The molecule has 0 amide bonds. The van der Waals surface area contributed by atoms with Gasteiger partial charge in [0.1, 0.15) is 12.6 Å². The summed E-state index contributed by atoms with van der Waals surface area (Å²) in [5.74, 6) is -0.654. The van der Waals surface area contributed by atoms with Gasteiger partial charge in [0.15, 0.2) is 0 Å². The van der Waals surface area contributed by atoms with Gasteiger partial charge in [-0.2, -0.15) is 0 Å². The van der Waals surface area contributed by atoms with E-state index in [4.69, 9.17) is 5.73 Å². The second-order valence-electron chi connectivity index (χ2n) is 0.956. The summed E-state index contributed by atoms with van der Waals surface area (Å²) >= 11 is 0. The van der Waals surface area contributed by atoms with Crippen molar-refractivity contribution in [3.8, 4) is 0 Å². The van der Waals surface area contributed by atoms with Gasteiger partial charge < -0.3 is 10.5 Å². The maximum atomic E-state index is 11.0. The van der Waals surface area contributed by atoms with E-state index in [-0.39, 0.29) is 12.9 Å². The largest absolute Gasteiger partial charge is 0.431 e. The van der Waals surface area contributed by atoms with Gasteiger partial charge in [0.2, 0.25) is 0 Å². The summed E-state index contributed by atoms with van der Waals surface area (Å²) in [6.07, 6.45) is 0.753. The molecule has 46 valence electrons. The predicted molar refractivity (Wildman–Crippen MR) is 25.4 cm³/mol. The Labute approximate surface area is 45.9 Å².